The van der Waals surface area contributed by atoms with Gasteiger partial charge in [0.2, 0.25) is 5.76 Å². The SMILES string of the molecule is COc1oc(C(=O)O)c2c(OC)cccc12. The third-order valence-corrected chi connectivity index (χ3v) is 2.27. The fourth-order valence-corrected chi connectivity index (χ4v) is 1.61. The summed E-state index contributed by atoms with van der Waals surface area (Å²) < 4.78 is 15.2. The van der Waals surface area contributed by atoms with Crippen molar-refractivity contribution in [3.05, 3.63) is 24.0 Å². The monoisotopic (exact) mass is 222 g/mol. The molecule has 2 rings (SSSR count). The van der Waals surface area contributed by atoms with Crippen LogP contribution < -0.4 is 9.47 Å². The Hall–Kier alpha value is -2.17. The van der Waals surface area contributed by atoms with Gasteiger partial charge in [0.05, 0.1) is 25.0 Å². The van der Waals surface area contributed by atoms with Crippen molar-refractivity contribution in [1.29, 1.82) is 0 Å². The number of furan rings is 1. The molecule has 1 heterocycles. The molecule has 0 fully saturated rings. The van der Waals surface area contributed by atoms with E-state index in [1.54, 1.807) is 18.2 Å². The Morgan fingerprint density at radius 1 is 1.31 bits per heavy atom. The highest BCUT2D eigenvalue weighted by molar-refractivity contribution is 6.06. The largest absolute Gasteiger partial charge is 0.496 e. The summed E-state index contributed by atoms with van der Waals surface area (Å²) in [5.74, 6) is -0.713. The van der Waals surface area contributed by atoms with E-state index in [0.29, 0.717) is 16.5 Å². The lowest BCUT2D eigenvalue weighted by Crippen LogP contribution is -1.95. The van der Waals surface area contributed by atoms with Crippen LogP contribution in [0.3, 0.4) is 0 Å². The van der Waals surface area contributed by atoms with Gasteiger partial charge < -0.3 is 19.0 Å². The van der Waals surface area contributed by atoms with E-state index in [4.69, 9.17) is 19.0 Å². The molecule has 2 aromatic rings. The van der Waals surface area contributed by atoms with Gasteiger partial charge in [0, 0.05) is 0 Å². The van der Waals surface area contributed by atoms with Gasteiger partial charge >= 0.3 is 5.97 Å². The maximum absolute atomic E-state index is 11.0. The van der Waals surface area contributed by atoms with Crippen LogP contribution in [0.25, 0.3) is 10.8 Å². The third kappa shape index (κ3) is 1.37. The van der Waals surface area contributed by atoms with Gasteiger partial charge in [-0.2, -0.15) is 0 Å². The highest BCUT2D eigenvalue weighted by Gasteiger charge is 2.22. The van der Waals surface area contributed by atoms with Crippen LogP contribution >= 0.6 is 0 Å². The molecular formula is C11H10O5. The molecule has 16 heavy (non-hydrogen) atoms. The van der Waals surface area contributed by atoms with Crippen LogP contribution in [0, 0.1) is 0 Å². The minimum absolute atomic E-state index is 0.173. The van der Waals surface area contributed by atoms with Gasteiger partial charge in [-0.15, -0.1) is 0 Å². The van der Waals surface area contributed by atoms with Crippen LogP contribution in [0.4, 0.5) is 0 Å². The predicted octanol–water partition coefficient (Wildman–Crippen LogP) is 2.15. The molecule has 0 radical (unpaired) electrons. The molecule has 0 aliphatic carbocycles. The number of hydrogen-bond acceptors (Lipinski definition) is 4. The zero-order chi connectivity index (χ0) is 11.7. The van der Waals surface area contributed by atoms with Crippen LogP contribution in [-0.2, 0) is 0 Å². The maximum Gasteiger partial charge on any atom is 0.372 e. The van der Waals surface area contributed by atoms with E-state index >= 15 is 0 Å². The first-order chi connectivity index (χ1) is 7.69. The number of fused-ring (bicyclic) bond motifs is 1. The molecule has 1 aromatic heterocycles. The maximum atomic E-state index is 11.0. The van der Waals surface area contributed by atoms with Gasteiger partial charge in [0.1, 0.15) is 5.75 Å². The summed E-state index contributed by atoms with van der Waals surface area (Å²) in [5, 5.41) is 10.0. The zero-order valence-electron chi connectivity index (χ0n) is 8.81. The topological polar surface area (TPSA) is 68.9 Å². The van der Waals surface area contributed by atoms with Gasteiger partial charge in [0.15, 0.2) is 0 Å². The second kappa shape index (κ2) is 3.77. The Kier molecular flexibility index (Phi) is 2.44. The molecular weight excluding hydrogens is 212 g/mol. The number of methoxy groups -OCH3 is 2. The van der Waals surface area contributed by atoms with E-state index in [1.165, 1.54) is 14.2 Å². The lowest BCUT2D eigenvalue weighted by Gasteiger charge is -2.00. The highest BCUT2D eigenvalue weighted by Crippen LogP contribution is 2.37. The van der Waals surface area contributed by atoms with E-state index in [2.05, 4.69) is 0 Å². The molecule has 0 saturated carbocycles. The molecule has 0 atom stereocenters. The quantitative estimate of drug-likeness (QED) is 0.861. The van der Waals surface area contributed by atoms with Crippen molar-refractivity contribution >= 4 is 16.7 Å². The summed E-state index contributed by atoms with van der Waals surface area (Å²) in [4.78, 5) is 11.0. The van der Waals surface area contributed by atoms with Crippen molar-refractivity contribution < 1.29 is 23.8 Å². The minimum atomic E-state index is -1.15. The molecule has 5 heteroatoms. The fraction of sp³-hybridized carbons (Fsp3) is 0.182. The van der Waals surface area contributed by atoms with Crippen molar-refractivity contribution in [2.24, 2.45) is 0 Å². The van der Waals surface area contributed by atoms with Crippen LogP contribution in [-0.4, -0.2) is 25.3 Å². The summed E-state index contributed by atoms with van der Waals surface area (Å²) in [7, 11) is 2.89. The van der Waals surface area contributed by atoms with Gasteiger partial charge in [-0.1, -0.05) is 6.07 Å². The van der Waals surface area contributed by atoms with Gasteiger partial charge in [-0.3, -0.25) is 0 Å². The summed E-state index contributed by atoms with van der Waals surface area (Å²) in [6.45, 7) is 0. The second-order valence-electron chi connectivity index (χ2n) is 3.11. The summed E-state index contributed by atoms with van der Waals surface area (Å²) in [5.41, 5.74) is 0. The number of carbonyl (C=O) groups is 1. The lowest BCUT2D eigenvalue weighted by molar-refractivity contribution is 0.0658. The van der Waals surface area contributed by atoms with E-state index in [-0.39, 0.29) is 11.7 Å². The molecule has 1 aromatic carbocycles. The standard InChI is InChI=1S/C11H10O5/c1-14-7-5-3-4-6-8(7)9(10(12)13)16-11(6)15-2/h3-5H,1-2H3,(H,12,13). The van der Waals surface area contributed by atoms with Crippen molar-refractivity contribution in [2.75, 3.05) is 14.2 Å². The molecule has 5 nitrogen and oxygen atoms in total. The number of rotatable bonds is 3. The first-order valence-electron chi connectivity index (χ1n) is 4.55. The van der Waals surface area contributed by atoms with Crippen molar-refractivity contribution in [1.82, 2.24) is 0 Å². The van der Waals surface area contributed by atoms with Crippen LogP contribution in [0.1, 0.15) is 10.6 Å². The number of benzene rings is 1. The molecule has 0 aliphatic heterocycles. The molecule has 0 aliphatic rings. The molecule has 0 amide bonds. The van der Waals surface area contributed by atoms with Crippen LogP contribution in [0.2, 0.25) is 0 Å². The third-order valence-electron chi connectivity index (χ3n) is 2.27. The van der Waals surface area contributed by atoms with Crippen molar-refractivity contribution in [2.45, 2.75) is 0 Å². The molecule has 0 unspecified atom stereocenters. The average molecular weight is 222 g/mol. The van der Waals surface area contributed by atoms with Gasteiger partial charge in [-0.05, 0) is 12.1 Å². The summed E-state index contributed by atoms with van der Waals surface area (Å²) >= 11 is 0. The minimum Gasteiger partial charge on any atom is -0.496 e. The highest BCUT2D eigenvalue weighted by atomic mass is 16.6. The average Bonchev–Trinajstić information content (AvgIpc) is 2.67. The zero-order valence-corrected chi connectivity index (χ0v) is 8.81. The molecule has 1 N–H and O–H groups in total. The normalized spacial score (nSPS) is 10.4. The smallest absolute Gasteiger partial charge is 0.372 e. The molecule has 0 saturated heterocycles. The van der Waals surface area contributed by atoms with Crippen LogP contribution in [0.15, 0.2) is 22.6 Å². The Labute approximate surface area is 91.2 Å². The van der Waals surface area contributed by atoms with E-state index in [0.717, 1.165) is 0 Å². The number of aromatic carboxylic acids is 1. The van der Waals surface area contributed by atoms with Gasteiger partial charge in [0.25, 0.3) is 5.95 Å². The first-order valence-corrected chi connectivity index (χ1v) is 4.55. The summed E-state index contributed by atoms with van der Waals surface area (Å²) in [6, 6.07) is 5.13. The van der Waals surface area contributed by atoms with Gasteiger partial charge in [-0.25, -0.2) is 4.79 Å². The Morgan fingerprint density at radius 3 is 2.62 bits per heavy atom. The molecule has 84 valence electrons. The number of hydrogen-bond donors (Lipinski definition) is 1. The first kappa shape index (κ1) is 10.4. The second-order valence-corrected chi connectivity index (χ2v) is 3.11. The fourth-order valence-electron chi connectivity index (χ4n) is 1.61. The van der Waals surface area contributed by atoms with E-state index in [1.807, 2.05) is 0 Å². The molecule has 0 bridgehead atoms. The Balaban J connectivity index is 2.85. The van der Waals surface area contributed by atoms with E-state index < -0.39 is 5.97 Å². The molecule has 0 spiro atoms. The van der Waals surface area contributed by atoms with Crippen molar-refractivity contribution in [3.63, 3.8) is 0 Å². The predicted molar refractivity (Wildman–Crippen MR) is 56.3 cm³/mol. The number of carboxylic acid groups (broad SMARTS) is 1. The van der Waals surface area contributed by atoms with Crippen molar-refractivity contribution in [3.8, 4) is 11.7 Å². The lowest BCUT2D eigenvalue weighted by atomic mass is 10.1. The van der Waals surface area contributed by atoms with E-state index in [9.17, 15) is 4.79 Å². The summed E-state index contributed by atoms with van der Waals surface area (Å²) in [6.07, 6.45) is 0. The Morgan fingerprint density at radius 2 is 2.06 bits per heavy atom. The number of ether oxygens (including phenoxy) is 2. The Bertz CT molecular complexity index is 541. The number of carboxylic acids is 1. The van der Waals surface area contributed by atoms with Crippen LogP contribution in [0.5, 0.6) is 11.7 Å².